The molecule has 28 heavy (non-hydrogen) atoms. The second-order valence-corrected chi connectivity index (χ2v) is 9.30. The van der Waals surface area contributed by atoms with Gasteiger partial charge in [0.1, 0.15) is 6.04 Å². The minimum atomic E-state index is -3.66. The molecule has 1 fully saturated rings. The van der Waals surface area contributed by atoms with Gasteiger partial charge in [0.2, 0.25) is 21.7 Å². The molecule has 2 heterocycles. The Morgan fingerprint density at radius 3 is 2.64 bits per heavy atom. The molecule has 0 saturated carbocycles. The van der Waals surface area contributed by atoms with Crippen LogP contribution in [0.1, 0.15) is 35.9 Å². The summed E-state index contributed by atoms with van der Waals surface area (Å²) < 4.78 is 33.6. The van der Waals surface area contributed by atoms with Crippen LogP contribution in [-0.2, 0) is 10.0 Å². The molecule has 1 aliphatic heterocycles. The van der Waals surface area contributed by atoms with Crippen LogP contribution in [0.15, 0.2) is 51.9 Å². The zero-order valence-electron chi connectivity index (χ0n) is 15.6. The summed E-state index contributed by atoms with van der Waals surface area (Å²) in [6, 6.07) is 12.1. The Kier molecular flexibility index (Phi) is 4.99. The maximum Gasteiger partial charge on any atom is 0.245 e. The van der Waals surface area contributed by atoms with Crippen LogP contribution in [0.3, 0.4) is 0 Å². The molecular weight excluding hydrogens is 398 g/mol. The second-order valence-electron chi connectivity index (χ2n) is 7.01. The summed E-state index contributed by atoms with van der Waals surface area (Å²) in [6.45, 7) is 4.12. The molecule has 0 spiro atoms. The fourth-order valence-corrected chi connectivity index (χ4v) is 5.56. The van der Waals surface area contributed by atoms with Crippen LogP contribution in [0.5, 0.6) is 0 Å². The summed E-state index contributed by atoms with van der Waals surface area (Å²) in [7, 11) is -3.66. The van der Waals surface area contributed by atoms with Crippen LogP contribution >= 0.6 is 11.6 Å². The summed E-state index contributed by atoms with van der Waals surface area (Å²) in [4.78, 5) is 4.79. The van der Waals surface area contributed by atoms with E-state index in [4.69, 9.17) is 16.1 Å². The number of aromatic nitrogens is 2. The van der Waals surface area contributed by atoms with Crippen molar-refractivity contribution in [1.29, 1.82) is 0 Å². The van der Waals surface area contributed by atoms with E-state index in [1.165, 1.54) is 4.31 Å². The third-order valence-corrected chi connectivity index (χ3v) is 7.27. The highest BCUT2D eigenvalue weighted by molar-refractivity contribution is 7.89. The average Bonchev–Trinajstić information content (AvgIpc) is 3.33. The standard InChI is InChI=1S/C20H20ClN3O3S/c1-13-5-6-14(2)18(12-13)28(25,26)24-11-3-4-17(24)20-22-19(23-27-20)15-7-9-16(21)10-8-15/h5-10,12,17H,3-4,11H2,1-2H3/t17-/m1/s1. The number of halogens is 1. The maximum absolute atomic E-state index is 13.3. The average molecular weight is 418 g/mol. The van der Waals surface area contributed by atoms with Crippen molar-refractivity contribution >= 4 is 21.6 Å². The molecular formula is C20H20ClN3O3S. The highest BCUT2D eigenvalue weighted by Crippen LogP contribution is 2.37. The van der Waals surface area contributed by atoms with Gasteiger partial charge in [-0.1, -0.05) is 28.9 Å². The first-order valence-corrected chi connectivity index (χ1v) is 10.9. The number of rotatable bonds is 4. The van der Waals surface area contributed by atoms with Crippen molar-refractivity contribution in [1.82, 2.24) is 14.4 Å². The maximum atomic E-state index is 13.3. The lowest BCUT2D eigenvalue weighted by atomic mass is 10.2. The SMILES string of the molecule is Cc1ccc(C)c(S(=O)(=O)N2CCC[C@@H]2c2nc(-c3ccc(Cl)cc3)no2)c1. The molecule has 6 nitrogen and oxygen atoms in total. The number of hydrogen-bond donors (Lipinski definition) is 0. The Balaban J connectivity index is 1.67. The molecule has 1 atom stereocenters. The number of nitrogens with zero attached hydrogens (tertiary/aromatic N) is 3. The van der Waals surface area contributed by atoms with Gasteiger partial charge in [0.25, 0.3) is 0 Å². The Morgan fingerprint density at radius 2 is 1.89 bits per heavy atom. The Labute approximate surface area is 169 Å². The monoisotopic (exact) mass is 417 g/mol. The van der Waals surface area contributed by atoms with E-state index in [0.29, 0.717) is 34.6 Å². The van der Waals surface area contributed by atoms with E-state index in [-0.39, 0.29) is 0 Å². The minimum Gasteiger partial charge on any atom is -0.337 e. The first-order valence-electron chi connectivity index (χ1n) is 9.05. The summed E-state index contributed by atoms with van der Waals surface area (Å²) >= 11 is 5.92. The topological polar surface area (TPSA) is 76.3 Å². The molecule has 1 saturated heterocycles. The van der Waals surface area contributed by atoms with Gasteiger partial charge >= 0.3 is 0 Å². The zero-order chi connectivity index (χ0) is 19.9. The third kappa shape index (κ3) is 3.45. The highest BCUT2D eigenvalue weighted by atomic mass is 35.5. The van der Waals surface area contributed by atoms with E-state index >= 15 is 0 Å². The lowest BCUT2D eigenvalue weighted by Crippen LogP contribution is -2.31. The van der Waals surface area contributed by atoms with Gasteiger partial charge in [-0.25, -0.2) is 8.42 Å². The van der Waals surface area contributed by atoms with Crippen molar-refractivity contribution in [2.45, 2.75) is 37.6 Å². The second kappa shape index (κ2) is 7.31. The van der Waals surface area contributed by atoms with Crippen molar-refractivity contribution < 1.29 is 12.9 Å². The number of benzene rings is 2. The quantitative estimate of drug-likeness (QED) is 0.623. The predicted molar refractivity (Wildman–Crippen MR) is 107 cm³/mol. The Bertz CT molecular complexity index is 1110. The molecule has 0 aliphatic carbocycles. The van der Waals surface area contributed by atoms with Gasteiger partial charge in [0, 0.05) is 17.1 Å². The van der Waals surface area contributed by atoms with E-state index in [0.717, 1.165) is 23.1 Å². The van der Waals surface area contributed by atoms with E-state index in [9.17, 15) is 8.42 Å². The third-order valence-electron chi connectivity index (χ3n) is 4.96. The molecule has 0 N–H and O–H groups in total. The van der Waals surface area contributed by atoms with Crippen molar-refractivity contribution in [2.24, 2.45) is 0 Å². The number of hydrogen-bond acceptors (Lipinski definition) is 5. The van der Waals surface area contributed by atoms with Gasteiger partial charge in [-0.05, 0) is 68.1 Å². The lowest BCUT2D eigenvalue weighted by Gasteiger charge is -2.22. The molecule has 3 aromatic rings. The molecule has 4 rings (SSSR count). The van der Waals surface area contributed by atoms with Crippen LogP contribution < -0.4 is 0 Å². The molecule has 1 aliphatic rings. The Hall–Kier alpha value is -2.22. The van der Waals surface area contributed by atoms with Crippen LogP contribution in [0, 0.1) is 13.8 Å². The van der Waals surface area contributed by atoms with Gasteiger partial charge in [-0.2, -0.15) is 9.29 Å². The van der Waals surface area contributed by atoms with Crippen LogP contribution in [0.25, 0.3) is 11.4 Å². The van der Waals surface area contributed by atoms with Crippen LogP contribution in [0.2, 0.25) is 5.02 Å². The summed E-state index contributed by atoms with van der Waals surface area (Å²) in [5.41, 5.74) is 2.40. The smallest absolute Gasteiger partial charge is 0.245 e. The van der Waals surface area contributed by atoms with Crippen LogP contribution in [0.4, 0.5) is 0 Å². The molecule has 8 heteroatoms. The van der Waals surface area contributed by atoms with E-state index in [1.807, 2.05) is 26.0 Å². The van der Waals surface area contributed by atoms with Crippen molar-refractivity contribution in [3.8, 4) is 11.4 Å². The van der Waals surface area contributed by atoms with Gasteiger partial charge in [0.05, 0.1) is 4.90 Å². The zero-order valence-corrected chi connectivity index (χ0v) is 17.2. The highest BCUT2D eigenvalue weighted by Gasteiger charge is 2.40. The van der Waals surface area contributed by atoms with Gasteiger partial charge < -0.3 is 4.52 Å². The molecule has 0 bridgehead atoms. The predicted octanol–water partition coefficient (Wildman–Crippen LogP) is 4.53. The molecule has 146 valence electrons. The molecule has 0 unspecified atom stereocenters. The molecule has 2 aromatic carbocycles. The van der Waals surface area contributed by atoms with E-state index in [1.54, 1.807) is 30.3 Å². The Morgan fingerprint density at radius 1 is 1.14 bits per heavy atom. The fraction of sp³-hybridized carbons (Fsp3) is 0.300. The van der Waals surface area contributed by atoms with Crippen LogP contribution in [-0.4, -0.2) is 29.4 Å². The van der Waals surface area contributed by atoms with Gasteiger partial charge in [-0.3, -0.25) is 0 Å². The van der Waals surface area contributed by atoms with E-state index < -0.39 is 16.1 Å². The lowest BCUT2D eigenvalue weighted by molar-refractivity contribution is 0.290. The fourth-order valence-electron chi connectivity index (χ4n) is 3.47. The molecule has 1 aromatic heterocycles. The molecule has 0 radical (unpaired) electrons. The van der Waals surface area contributed by atoms with Gasteiger partial charge in [0.15, 0.2) is 0 Å². The summed E-state index contributed by atoms with van der Waals surface area (Å²) in [5, 5.41) is 4.65. The molecule has 0 amide bonds. The van der Waals surface area contributed by atoms with Crippen molar-refractivity contribution in [3.63, 3.8) is 0 Å². The largest absolute Gasteiger partial charge is 0.337 e. The number of sulfonamides is 1. The van der Waals surface area contributed by atoms with E-state index in [2.05, 4.69) is 10.1 Å². The first-order chi connectivity index (χ1) is 13.4. The summed E-state index contributed by atoms with van der Waals surface area (Å²) in [5.74, 6) is 0.735. The first kappa shape index (κ1) is 19.1. The summed E-state index contributed by atoms with van der Waals surface area (Å²) in [6.07, 6.45) is 1.39. The number of aryl methyl sites for hydroxylation is 2. The minimum absolute atomic E-state index is 0.316. The normalized spacial score (nSPS) is 17.9. The van der Waals surface area contributed by atoms with Crippen molar-refractivity contribution in [2.75, 3.05) is 6.54 Å². The van der Waals surface area contributed by atoms with Gasteiger partial charge in [-0.15, -0.1) is 0 Å². The van der Waals surface area contributed by atoms with Crippen molar-refractivity contribution in [3.05, 3.63) is 64.5 Å².